The average Bonchev–Trinajstić information content (AvgIpc) is 2.53. The summed E-state index contributed by atoms with van der Waals surface area (Å²) in [5.74, 6) is -0.282. The Morgan fingerprint density at radius 2 is 1.87 bits per heavy atom. The van der Waals surface area contributed by atoms with Crippen molar-refractivity contribution in [1.29, 1.82) is 0 Å². The molecule has 1 aromatic carbocycles. The van der Waals surface area contributed by atoms with E-state index in [1.165, 1.54) is 12.8 Å². The summed E-state index contributed by atoms with van der Waals surface area (Å²) in [6.07, 6.45) is 4.35. The summed E-state index contributed by atoms with van der Waals surface area (Å²) in [6.45, 7) is 4.39. The van der Waals surface area contributed by atoms with Crippen LogP contribution in [0.3, 0.4) is 0 Å². The van der Waals surface area contributed by atoms with Crippen LogP contribution < -0.4 is 5.32 Å². The fourth-order valence-corrected chi connectivity index (χ4v) is 4.28. The number of hydrogen-bond donors (Lipinski definition) is 1. The quantitative estimate of drug-likeness (QED) is 0.794. The summed E-state index contributed by atoms with van der Waals surface area (Å²) in [6, 6.07) is 8.28. The molecule has 1 spiro atoms. The van der Waals surface area contributed by atoms with Crippen LogP contribution >= 0.6 is 15.9 Å². The van der Waals surface area contributed by atoms with Gasteiger partial charge >= 0.3 is 5.97 Å². The highest BCUT2D eigenvalue weighted by molar-refractivity contribution is 9.10. The Balaban J connectivity index is 1.74. The van der Waals surface area contributed by atoms with Gasteiger partial charge in [-0.25, -0.2) is 4.79 Å². The summed E-state index contributed by atoms with van der Waals surface area (Å²) in [7, 11) is 0. The Bertz CT molecular complexity index is 544. The van der Waals surface area contributed by atoms with E-state index >= 15 is 0 Å². The Morgan fingerprint density at radius 1 is 1.22 bits per heavy atom. The van der Waals surface area contributed by atoms with E-state index in [1.807, 2.05) is 19.1 Å². The predicted molar refractivity (Wildman–Crippen MR) is 92.2 cm³/mol. The van der Waals surface area contributed by atoms with Gasteiger partial charge in [-0.2, -0.15) is 0 Å². The number of nitrogens with one attached hydrogen (secondary N) is 1. The van der Waals surface area contributed by atoms with E-state index < -0.39 is 0 Å². The smallest absolute Gasteiger partial charge is 0.332 e. The molecule has 1 aliphatic carbocycles. The number of hydrogen-bond acceptors (Lipinski definition) is 4. The van der Waals surface area contributed by atoms with Gasteiger partial charge in [0.05, 0.1) is 12.2 Å². The topological polar surface area (TPSA) is 47.6 Å². The lowest BCUT2D eigenvalue weighted by molar-refractivity contribution is -0.197. The van der Waals surface area contributed by atoms with Crippen molar-refractivity contribution >= 4 is 21.9 Å². The SMILES string of the molecule is CCOC(=O)COC1(c2ccc(Br)cc2)CC2(CCNCC2)C1. The van der Waals surface area contributed by atoms with Crippen molar-refractivity contribution in [2.75, 3.05) is 26.3 Å². The second-order valence-corrected chi connectivity index (χ2v) is 7.61. The van der Waals surface area contributed by atoms with E-state index in [2.05, 4.69) is 33.4 Å². The molecule has 2 fully saturated rings. The number of benzene rings is 1. The van der Waals surface area contributed by atoms with Crippen LogP contribution in [0.4, 0.5) is 0 Å². The minimum absolute atomic E-state index is 0.0260. The van der Waals surface area contributed by atoms with Crippen molar-refractivity contribution in [3.63, 3.8) is 0 Å². The third-order valence-electron chi connectivity index (χ3n) is 5.13. The lowest BCUT2D eigenvalue weighted by Gasteiger charge is -2.57. The van der Waals surface area contributed by atoms with Crippen LogP contribution in [0.25, 0.3) is 0 Å². The molecule has 3 rings (SSSR count). The normalized spacial score (nSPS) is 21.7. The number of carbonyl (C=O) groups excluding carboxylic acids is 1. The van der Waals surface area contributed by atoms with Crippen molar-refractivity contribution in [3.8, 4) is 0 Å². The molecule has 0 radical (unpaired) electrons. The van der Waals surface area contributed by atoms with Gasteiger partial charge in [0.15, 0.2) is 0 Å². The molecule has 1 N–H and O–H groups in total. The van der Waals surface area contributed by atoms with Gasteiger partial charge in [0, 0.05) is 4.47 Å². The minimum Gasteiger partial charge on any atom is -0.464 e. The first-order valence-electron chi connectivity index (χ1n) is 8.34. The molecule has 126 valence electrons. The largest absolute Gasteiger partial charge is 0.464 e. The third kappa shape index (κ3) is 3.62. The molecule has 4 nitrogen and oxygen atoms in total. The highest BCUT2D eigenvalue weighted by Crippen LogP contribution is 2.60. The summed E-state index contributed by atoms with van der Waals surface area (Å²) < 4.78 is 12.2. The zero-order valence-corrected chi connectivity index (χ0v) is 15.2. The molecule has 1 heterocycles. The van der Waals surface area contributed by atoms with Crippen LogP contribution in [-0.2, 0) is 19.9 Å². The van der Waals surface area contributed by atoms with E-state index in [4.69, 9.17) is 9.47 Å². The number of halogens is 1. The Labute approximate surface area is 146 Å². The Kier molecular flexibility index (Phi) is 5.09. The highest BCUT2D eigenvalue weighted by atomic mass is 79.9. The zero-order chi connectivity index (χ0) is 16.3. The van der Waals surface area contributed by atoms with Gasteiger partial charge in [0.1, 0.15) is 6.61 Å². The molecule has 0 aromatic heterocycles. The summed E-state index contributed by atoms with van der Waals surface area (Å²) in [5.41, 5.74) is 1.19. The van der Waals surface area contributed by atoms with Crippen molar-refractivity contribution in [1.82, 2.24) is 5.32 Å². The van der Waals surface area contributed by atoms with Crippen molar-refractivity contribution in [2.24, 2.45) is 5.41 Å². The minimum atomic E-state index is -0.342. The predicted octanol–water partition coefficient (Wildman–Crippen LogP) is 3.39. The first kappa shape index (κ1) is 16.9. The van der Waals surface area contributed by atoms with E-state index in [1.54, 1.807) is 0 Å². The van der Waals surface area contributed by atoms with E-state index in [0.29, 0.717) is 12.0 Å². The van der Waals surface area contributed by atoms with E-state index in [9.17, 15) is 4.79 Å². The molecule has 0 unspecified atom stereocenters. The second kappa shape index (κ2) is 6.91. The fourth-order valence-electron chi connectivity index (χ4n) is 4.01. The molecule has 5 heteroatoms. The molecular weight excluding hydrogens is 358 g/mol. The number of carbonyl (C=O) groups is 1. The Hall–Kier alpha value is -0.910. The fraction of sp³-hybridized carbons (Fsp3) is 0.611. The molecular formula is C18H24BrNO3. The Morgan fingerprint density at radius 3 is 2.48 bits per heavy atom. The first-order valence-corrected chi connectivity index (χ1v) is 9.13. The summed E-state index contributed by atoms with van der Waals surface area (Å²) in [5, 5.41) is 3.43. The standard InChI is InChI=1S/C18H24BrNO3/c1-2-22-16(21)11-23-18(14-3-5-15(19)6-4-14)12-17(13-18)7-9-20-10-8-17/h3-6,20H,2,7-13H2,1H3. The van der Waals surface area contributed by atoms with Crippen LogP contribution in [0.5, 0.6) is 0 Å². The highest BCUT2D eigenvalue weighted by Gasteiger charge is 2.56. The lowest BCUT2D eigenvalue weighted by Crippen LogP contribution is -2.55. The third-order valence-corrected chi connectivity index (χ3v) is 5.66. The van der Waals surface area contributed by atoms with Gasteiger partial charge in [-0.1, -0.05) is 28.1 Å². The number of rotatable bonds is 5. The summed E-state index contributed by atoms with van der Waals surface area (Å²) in [4.78, 5) is 11.7. The summed E-state index contributed by atoms with van der Waals surface area (Å²) >= 11 is 3.48. The number of ether oxygens (including phenoxy) is 2. The van der Waals surface area contributed by atoms with E-state index in [0.717, 1.165) is 36.0 Å². The maximum Gasteiger partial charge on any atom is 0.332 e. The van der Waals surface area contributed by atoms with Gasteiger partial charge in [-0.15, -0.1) is 0 Å². The molecule has 1 saturated heterocycles. The molecule has 1 aromatic rings. The van der Waals surface area contributed by atoms with Gasteiger partial charge in [0.2, 0.25) is 0 Å². The lowest BCUT2D eigenvalue weighted by atomic mass is 9.53. The van der Waals surface area contributed by atoms with Crippen molar-refractivity contribution in [3.05, 3.63) is 34.3 Å². The number of piperidine rings is 1. The second-order valence-electron chi connectivity index (χ2n) is 6.70. The molecule has 1 saturated carbocycles. The molecule has 2 aliphatic rings. The van der Waals surface area contributed by atoms with Crippen molar-refractivity contribution < 1.29 is 14.3 Å². The van der Waals surface area contributed by atoms with Gasteiger partial charge in [0.25, 0.3) is 0 Å². The van der Waals surface area contributed by atoms with Crippen LogP contribution in [0.15, 0.2) is 28.7 Å². The van der Waals surface area contributed by atoms with Crippen LogP contribution in [0.2, 0.25) is 0 Å². The average molecular weight is 382 g/mol. The van der Waals surface area contributed by atoms with Crippen LogP contribution in [0, 0.1) is 5.41 Å². The number of esters is 1. The maximum atomic E-state index is 11.7. The molecule has 0 atom stereocenters. The zero-order valence-electron chi connectivity index (χ0n) is 13.6. The van der Waals surface area contributed by atoms with Gasteiger partial charge in [-0.05, 0) is 68.8 Å². The van der Waals surface area contributed by atoms with Crippen molar-refractivity contribution in [2.45, 2.75) is 38.2 Å². The van der Waals surface area contributed by atoms with Gasteiger partial charge in [-0.3, -0.25) is 0 Å². The van der Waals surface area contributed by atoms with Crippen LogP contribution in [-0.4, -0.2) is 32.3 Å². The molecule has 0 amide bonds. The molecule has 23 heavy (non-hydrogen) atoms. The molecule has 1 aliphatic heterocycles. The van der Waals surface area contributed by atoms with Gasteiger partial charge < -0.3 is 14.8 Å². The van der Waals surface area contributed by atoms with E-state index in [-0.39, 0.29) is 18.2 Å². The monoisotopic (exact) mass is 381 g/mol. The molecule has 0 bridgehead atoms. The maximum absolute atomic E-state index is 11.7. The first-order chi connectivity index (χ1) is 11.1. The van der Waals surface area contributed by atoms with Crippen LogP contribution in [0.1, 0.15) is 38.2 Å².